The molecule has 0 unspecified atom stereocenters. The Hall–Kier alpha value is -3.14. The van der Waals surface area contributed by atoms with E-state index in [0.717, 1.165) is 36.9 Å². The van der Waals surface area contributed by atoms with Gasteiger partial charge in [0, 0.05) is 61.9 Å². The lowest BCUT2D eigenvalue weighted by Gasteiger charge is -2.36. The number of piperazine rings is 1. The molecule has 194 valence electrons. The quantitative estimate of drug-likeness (QED) is 0.495. The van der Waals surface area contributed by atoms with Crippen molar-refractivity contribution in [3.63, 3.8) is 0 Å². The molecule has 11 heteroatoms. The number of amides is 2. The standard InChI is InChI=1S/C26H28Cl2N6O3/c27-18-12-17(13-19(28)14-18)15-30-26(37)23-24(36)22-20(4-3-5-29-22)25(31-23)34-10-8-32(9-11-34)16-21(35)33-6-1-2-7-33/h3-5,12-14,36H,1-2,6-11,15-16H2,(H,30,37)/p+1. The molecule has 2 aliphatic rings. The van der Waals surface area contributed by atoms with E-state index >= 15 is 0 Å². The Kier molecular flexibility index (Phi) is 7.64. The van der Waals surface area contributed by atoms with Gasteiger partial charge in [-0.1, -0.05) is 23.2 Å². The fraction of sp³-hybridized carbons (Fsp3) is 0.385. The van der Waals surface area contributed by atoms with E-state index in [1.165, 1.54) is 0 Å². The highest BCUT2D eigenvalue weighted by Crippen LogP contribution is 2.32. The molecule has 2 aliphatic heterocycles. The molecule has 4 heterocycles. The Bertz CT molecular complexity index is 1300. The molecule has 1 aromatic carbocycles. The maximum atomic E-state index is 13.1. The monoisotopic (exact) mass is 543 g/mol. The first-order valence-corrected chi connectivity index (χ1v) is 13.2. The molecular weight excluding hydrogens is 515 g/mol. The molecule has 0 atom stereocenters. The van der Waals surface area contributed by atoms with Gasteiger partial charge in [-0.25, -0.2) is 9.97 Å². The molecule has 0 saturated carbocycles. The van der Waals surface area contributed by atoms with Crippen molar-refractivity contribution >= 4 is 51.7 Å². The van der Waals surface area contributed by atoms with Crippen LogP contribution in [0.25, 0.3) is 10.9 Å². The molecule has 2 saturated heterocycles. The van der Waals surface area contributed by atoms with Gasteiger partial charge in [0.1, 0.15) is 5.82 Å². The van der Waals surface area contributed by atoms with E-state index in [4.69, 9.17) is 23.2 Å². The van der Waals surface area contributed by atoms with Crippen LogP contribution >= 0.6 is 23.2 Å². The van der Waals surface area contributed by atoms with Gasteiger partial charge in [-0.2, -0.15) is 0 Å². The Labute approximate surface area is 225 Å². The number of nitrogens with zero attached hydrogens (tertiary/aromatic N) is 4. The van der Waals surface area contributed by atoms with Crippen molar-refractivity contribution in [3.8, 4) is 5.75 Å². The van der Waals surface area contributed by atoms with Gasteiger partial charge in [-0.05, 0) is 42.7 Å². The van der Waals surface area contributed by atoms with Crippen LogP contribution in [0.5, 0.6) is 5.75 Å². The molecule has 0 radical (unpaired) electrons. The minimum absolute atomic E-state index is 0.0651. The summed E-state index contributed by atoms with van der Waals surface area (Å²) in [4.78, 5) is 39.5. The van der Waals surface area contributed by atoms with Gasteiger partial charge in [0.15, 0.2) is 11.9 Å². The molecule has 9 nitrogen and oxygen atoms in total. The first-order valence-electron chi connectivity index (χ1n) is 12.4. The molecule has 2 amide bonds. The molecule has 37 heavy (non-hydrogen) atoms. The second-order valence-electron chi connectivity index (χ2n) is 9.40. The van der Waals surface area contributed by atoms with Gasteiger partial charge in [-0.15, -0.1) is 0 Å². The third kappa shape index (κ3) is 5.74. The number of hydrogen-bond donors (Lipinski definition) is 2. The highest BCUT2D eigenvalue weighted by Gasteiger charge is 2.28. The number of halogens is 2. The lowest BCUT2D eigenvalue weighted by molar-refractivity contribution is -0.345. The van der Waals surface area contributed by atoms with Crippen LogP contribution in [0.15, 0.2) is 36.5 Å². The minimum atomic E-state index is -0.510. The molecule has 0 aliphatic carbocycles. The fourth-order valence-electron chi connectivity index (χ4n) is 4.91. The number of likely N-dealkylation sites (tertiary alicyclic amines) is 1. The first-order chi connectivity index (χ1) is 17.9. The third-order valence-corrected chi connectivity index (χ3v) is 7.29. The van der Waals surface area contributed by atoms with E-state index in [1.807, 2.05) is 17.0 Å². The second-order valence-corrected chi connectivity index (χ2v) is 10.3. The summed E-state index contributed by atoms with van der Waals surface area (Å²) < 4.78 is 0. The number of anilines is 1. The summed E-state index contributed by atoms with van der Waals surface area (Å²) in [5, 5.41) is 15.4. The maximum Gasteiger partial charge on any atom is 0.274 e. The number of rotatable bonds is 6. The van der Waals surface area contributed by atoms with Crippen molar-refractivity contribution in [3.05, 3.63) is 57.8 Å². The largest absolute Gasteiger partial charge is 0.501 e. The lowest BCUT2D eigenvalue weighted by Crippen LogP contribution is -2.50. The topological polar surface area (TPSA) is 103 Å². The summed E-state index contributed by atoms with van der Waals surface area (Å²) >= 11 is 12.1. The third-order valence-electron chi connectivity index (χ3n) is 6.86. The average molecular weight is 544 g/mol. The summed E-state index contributed by atoms with van der Waals surface area (Å²) in [6.07, 6.45) is 3.86. The van der Waals surface area contributed by atoms with Gasteiger partial charge >= 0.3 is 0 Å². The number of benzene rings is 1. The van der Waals surface area contributed by atoms with Crippen molar-refractivity contribution in [1.82, 2.24) is 20.1 Å². The Morgan fingerprint density at radius 2 is 1.73 bits per heavy atom. The molecule has 0 spiro atoms. The van der Waals surface area contributed by atoms with Crippen LogP contribution < -0.4 is 15.2 Å². The van der Waals surface area contributed by atoms with Crippen LogP contribution in [-0.2, 0) is 11.3 Å². The Morgan fingerprint density at radius 3 is 2.43 bits per heavy atom. The van der Waals surface area contributed by atoms with E-state index in [0.29, 0.717) is 54.1 Å². The number of fused-ring (bicyclic) bond motifs is 1. The zero-order valence-electron chi connectivity index (χ0n) is 20.3. The number of carbonyl (C=O) groups is 2. The van der Waals surface area contributed by atoms with Crippen LogP contribution in [0.4, 0.5) is 5.82 Å². The van der Waals surface area contributed by atoms with Crippen LogP contribution in [0, 0.1) is 0 Å². The van der Waals surface area contributed by atoms with Gasteiger partial charge in [0.05, 0.1) is 11.9 Å². The molecule has 2 aromatic heterocycles. The maximum absolute atomic E-state index is 13.1. The predicted molar refractivity (Wildman–Crippen MR) is 142 cm³/mol. The number of hydrogen-bond acceptors (Lipinski definition) is 6. The zero-order valence-corrected chi connectivity index (χ0v) is 21.9. The van der Waals surface area contributed by atoms with Gasteiger partial charge < -0.3 is 20.2 Å². The number of H-pyrrole nitrogens is 1. The average Bonchev–Trinajstić information content (AvgIpc) is 3.43. The number of carbonyl (C=O) groups excluding carboxylic acids is 2. The number of nitrogens with one attached hydrogen (secondary N) is 2. The second kappa shape index (κ2) is 11.1. The Balaban J connectivity index is 1.33. The van der Waals surface area contributed by atoms with Crippen LogP contribution in [-0.4, -0.2) is 77.5 Å². The molecular formula is C26H29Cl2N6O3+. The zero-order chi connectivity index (χ0) is 25.9. The van der Waals surface area contributed by atoms with Crippen molar-refractivity contribution < 1.29 is 19.7 Å². The van der Waals surface area contributed by atoms with E-state index in [9.17, 15) is 14.7 Å². The fourth-order valence-corrected chi connectivity index (χ4v) is 5.48. The summed E-state index contributed by atoms with van der Waals surface area (Å²) in [6.45, 7) is 5.02. The normalized spacial score (nSPS) is 16.4. The summed E-state index contributed by atoms with van der Waals surface area (Å²) in [6, 6.07) is 8.76. The van der Waals surface area contributed by atoms with E-state index in [1.54, 1.807) is 24.4 Å². The van der Waals surface area contributed by atoms with Crippen molar-refractivity contribution in [2.45, 2.75) is 19.4 Å². The number of pyridine rings is 2. The van der Waals surface area contributed by atoms with Gasteiger partial charge in [0.25, 0.3) is 11.4 Å². The molecule has 3 aromatic rings. The van der Waals surface area contributed by atoms with Gasteiger partial charge in [0.2, 0.25) is 11.7 Å². The van der Waals surface area contributed by atoms with E-state index in [-0.39, 0.29) is 23.9 Å². The van der Waals surface area contributed by atoms with Crippen molar-refractivity contribution in [2.24, 2.45) is 0 Å². The van der Waals surface area contributed by atoms with Crippen LogP contribution in [0.3, 0.4) is 0 Å². The van der Waals surface area contributed by atoms with E-state index in [2.05, 4.69) is 25.1 Å². The Morgan fingerprint density at radius 1 is 1.03 bits per heavy atom. The molecule has 0 bridgehead atoms. The smallest absolute Gasteiger partial charge is 0.274 e. The summed E-state index contributed by atoms with van der Waals surface area (Å²) in [5.41, 5.74) is 1.11. The highest BCUT2D eigenvalue weighted by molar-refractivity contribution is 6.34. The molecule has 2 fully saturated rings. The highest BCUT2D eigenvalue weighted by atomic mass is 35.5. The molecule has 5 rings (SSSR count). The number of aromatic nitrogens is 2. The van der Waals surface area contributed by atoms with Crippen molar-refractivity contribution in [1.29, 1.82) is 0 Å². The predicted octanol–water partition coefficient (Wildman–Crippen LogP) is 2.74. The van der Waals surface area contributed by atoms with Crippen molar-refractivity contribution in [2.75, 3.05) is 50.7 Å². The lowest BCUT2D eigenvalue weighted by atomic mass is 10.1. The SMILES string of the molecule is O=C(NCc1cc(Cl)cc(Cl)c1)c1nc(N2CCN(CC(=O)N3CCCC3)CC2)c2ccc[nH+]c2c1O. The first kappa shape index (κ1) is 25.5. The van der Waals surface area contributed by atoms with Crippen LogP contribution in [0.2, 0.25) is 10.0 Å². The van der Waals surface area contributed by atoms with E-state index < -0.39 is 5.91 Å². The number of aromatic hydroxyl groups is 1. The van der Waals surface area contributed by atoms with Gasteiger partial charge in [-0.3, -0.25) is 14.5 Å². The minimum Gasteiger partial charge on any atom is -0.501 e. The molecule has 3 N–H and O–H groups in total. The summed E-state index contributed by atoms with van der Waals surface area (Å²) in [5.74, 6) is 0.0829. The van der Waals surface area contributed by atoms with Crippen LogP contribution in [0.1, 0.15) is 28.9 Å². The summed E-state index contributed by atoms with van der Waals surface area (Å²) in [7, 11) is 0. The number of aromatic amines is 1.